The molecule has 9 aliphatic heterocycles. The van der Waals surface area contributed by atoms with E-state index in [1.165, 1.54) is 77.5 Å². The number of nitrogen functional groups attached to an aromatic ring is 1. The van der Waals surface area contributed by atoms with Gasteiger partial charge in [0.15, 0.2) is 0 Å². The van der Waals surface area contributed by atoms with Crippen LogP contribution in [0.25, 0.3) is 0 Å². The maximum Gasteiger partial charge on any atom is 0.221 e. The summed E-state index contributed by atoms with van der Waals surface area (Å²) >= 11 is 0. The molecule has 0 spiro atoms. The number of hydrogen-bond donors (Lipinski definition) is 3. The number of nitrogens with two attached hydrogens (primary N) is 1. The van der Waals surface area contributed by atoms with E-state index < -0.39 is 0 Å². The number of piperidine rings is 3. The van der Waals surface area contributed by atoms with Crippen molar-refractivity contribution in [3.05, 3.63) is 138 Å². The highest BCUT2D eigenvalue weighted by atomic mass is 16.1. The summed E-state index contributed by atoms with van der Waals surface area (Å²) in [5, 5.41) is 6.49. The van der Waals surface area contributed by atoms with Crippen LogP contribution < -0.4 is 40.9 Å². The maximum absolute atomic E-state index is 11.3. The summed E-state index contributed by atoms with van der Waals surface area (Å²) < 4.78 is 0. The van der Waals surface area contributed by atoms with Crippen molar-refractivity contribution in [1.29, 1.82) is 0 Å². The minimum Gasteiger partial charge on any atom is -0.399 e. The van der Waals surface area contributed by atoms with Gasteiger partial charge in [0.05, 0.1) is 12.1 Å². The zero-order valence-corrected chi connectivity index (χ0v) is 44.7. The molecule has 0 saturated carbocycles. The lowest BCUT2D eigenvalue weighted by Gasteiger charge is -2.48. The maximum atomic E-state index is 11.3. The molecule has 9 heteroatoms. The van der Waals surface area contributed by atoms with E-state index >= 15 is 0 Å². The molecule has 0 unspecified atom stereocenters. The van der Waals surface area contributed by atoms with Gasteiger partial charge >= 0.3 is 0 Å². The number of benzene rings is 5. The number of anilines is 7. The van der Waals surface area contributed by atoms with E-state index in [1.807, 2.05) is 24.3 Å². The molecule has 9 saturated heterocycles. The molecule has 0 aromatic heterocycles. The van der Waals surface area contributed by atoms with Crippen LogP contribution in [0, 0.1) is 54.8 Å². The van der Waals surface area contributed by atoms with Crippen LogP contribution in [0.3, 0.4) is 0 Å². The first kappa shape index (κ1) is 50.3. The molecule has 4 N–H and O–H groups in total. The molecule has 9 nitrogen and oxygen atoms in total. The van der Waals surface area contributed by atoms with E-state index in [9.17, 15) is 4.79 Å². The van der Waals surface area contributed by atoms with Crippen molar-refractivity contribution in [2.24, 2.45) is 34.0 Å². The van der Waals surface area contributed by atoms with Crippen LogP contribution >= 0.6 is 0 Å². The second-order valence-electron chi connectivity index (χ2n) is 24.5. The van der Waals surface area contributed by atoms with Crippen LogP contribution in [-0.4, -0.2) is 82.9 Å². The zero-order valence-electron chi connectivity index (χ0n) is 44.7. The van der Waals surface area contributed by atoms with Gasteiger partial charge in [-0.05, 0) is 166 Å². The Kier molecular flexibility index (Phi) is 14.5. The topological polar surface area (TPSA) is 83.4 Å². The van der Waals surface area contributed by atoms with Crippen molar-refractivity contribution in [2.75, 3.05) is 94.5 Å². The highest BCUT2D eigenvalue weighted by Gasteiger charge is 2.48. The fourth-order valence-corrected chi connectivity index (χ4v) is 13.5. The quantitative estimate of drug-likeness (QED) is 0.145. The van der Waals surface area contributed by atoms with Gasteiger partial charge in [-0.3, -0.25) is 4.79 Å². The highest BCUT2D eigenvalue weighted by molar-refractivity contribution is 5.88. The molecule has 6 atom stereocenters. The Balaban J connectivity index is 0.000000135. The number of amides is 1. The molecule has 1 amide bonds. The van der Waals surface area contributed by atoms with Crippen LogP contribution in [0.4, 0.5) is 39.8 Å². The first-order valence-electron chi connectivity index (χ1n) is 26.7. The van der Waals surface area contributed by atoms with Crippen LogP contribution in [0.1, 0.15) is 84.4 Å². The largest absolute Gasteiger partial charge is 0.399 e. The van der Waals surface area contributed by atoms with E-state index in [4.69, 9.17) is 5.73 Å². The van der Waals surface area contributed by atoms with Crippen LogP contribution in [-0.2, 0) is 4.79 Å². The molecular formula is C62H84N8O. The zero-order chi connectivity index (χ0) is 50.2. The van der Waals surface area contributed by atoms with Gasteiger partial charge in [0.1, 0.15) is 0 Å². The predicted octanol–water partition coefficient (Wildman–Crippen LogP) is 11.8. The van der Waals surface area contributed by atoms with Gasteiger partial charge in [-0.2, -0.15) is 0 Å². The molecule has 0 aliphatic carbocycles. The standard InChI is InChI=1S/C24H31N3O.C22H29N3.C16H24N2/c1-17-5-9-22(10-6-17)27-15-19-13-24(3,4)23(27)16-26(14-19)21-11-7-20(8-12-21)25-18(2)28;1-16-4-8-20(9-5-16)25-14-17-12-22(2,3)21(25)15-24(13-17)19-10-6-18(23)7-11-19;1-12-4-6-14(7-5-12)18-11-13-8-16(2,3)15(18)10-17-9-13/h5-12,19,23H,13-16H2,1-4H3,(H,25,28);4-11,17,21H,12-15,23H2,1-3H3;4-7,13,15,17H,8-11H2,1-3H3/t19-,23-;17-,21-;13-,15-/m111/s1. The second-order valence-corrected chi connectivity index (χ2v) is 24.5. The Morgan fingerprint density at radius 3 is 1.24 bits per heavy atom. The number of carbonyl (C=O) groups is 1. The minimum absolute atomic E-state index is 0.0314. The average Bonchev–Trinajstić information content (AvgIpc) is 3.87. The molecule has 378 valence electrons. The fourth-order valence-electron chi connectivity index (χ4n) is 13.5. The van der Waals surface area contributed by atoms with E-state index in [0.29, 0.717) is 40.8 Å². The Morgan fingerprint density at radius 1 is 0.465 bits per heavy atom. The lowest BCUT2D eigenvalue weighted by Crippen LogP contribution is -2.53. The van der Waals surface area contributed by atoms with Crippen molar-refractivity contribution in [2.45, 2.75) is 107 Å². The van der Waals surface area contributed by atoms with Gasteiger partial charge in [0, 0.05) is 105 Å². The molecule has 6 bridgehead atoms. The van der Waals surface area contributed by atoms with Crippen LogP contribution in [0.5, 0.6) is 0 Å². The molecular weight excluding hydrogens is 873 g/mol. The number of nitrogens with one attached hydrogen (secondary N) is 2. The van der Waals surface area contributed by atoms with Crippen LogP contribution in [0.15, 0.2) is 121 Å². The minimum atomic E-state index is -0.0314. The Hall–Kier alpha value is -5.67. The summed E-state index contributed by atoms with van der Waals surface area (Å²) in [7, 11) is 0. The van der Waals surface area contributed by atoms with E-state index in [-0.39, 0.29) is 11.3 Å². The highest BCUT2D eigenvalue weighted by Crippen LogP contribution is 2.46. The smallest absolute Gasteiger partial charge is 0.221 e. The lowest BCUT2D eigenvalue weighted by atomic mass is 9.73. The SMILES string of the molecule is CC(=O)Nc1ccc(N2C[C@@H]3CN(c4ccc(C)cc4)[C@H](C2)C(C)(C)C3)cc1.Cc1ccc(N2C[C@H]3CN(c4ccc(N)cc4)C[C@@H]2C(C)(C)C3)cc1.Cc1ccc(N2C[C@H]3CNC[C@@H]2C(C)(C)C3)cc1. The molecule has 9 fully saturated rings. The van der Waals surface area contributed by atoms with Crippen molar-refractivity contribution < 1.29 is 4.79 Å². The molecule has 5 aromatic rings. The van der Waals surface area contributed by atoms with Crippen LogP contribution in [0.2, 0.25) is 0 Å². The summed E-state index contributed by atoms with van der Waals surface area (Å²) in [6, 6.07) is 45.4. The Bertz CT molecular complexity index is 2550. The van der Waals surface area contributed by atoms with Gasteiger partial charge in [0.25, 0.3) is 0 Å². The summed E-state index contributed by atoms with van der Waals surface area (Å²) in [4.78, 5) is 24.3. The average molecular weight is 957 g/mol. The van der Waals surface area contributed by atoms with Crippen molar-refractivity contribution in [3.8, 4) is 0 Å². The number of rotatable bonds is 6. The number of carbonyl (C=O) groups excluding carboxylic acids is 1. The Morgan fingerprint density at radius 2 is 0.817 bits per heavy atom. The molecule has 0 radical (unpaired) electrons. The summed E-state index contributed by atoms with van der Waals surface area (Å²) in [5.74, 6) is 2.09. The molecule has 9 aliphatic rings. The molecule has 5 aromatic carbocycles. The van der Waals surface area contributed by atoms with E-state index in [0.717, 1.165) is 63.1 Å². The third kappa shape index (κ3) is 11.5. The summed E-state index contributed by atoms with van der Waals surface area (Å²) in [5.41, 5.74) is 19.2. The van der Waals surface area contributed by atoms with E-state index in [1.54, 1.807) is 6.92 Å². The number of fused-ring (bicyclic) bond motifs is 12. The monoisotopic (exact) mass is 957 g/mol. The molecule has 71 heavy (non-hydrogen) atoms. The molecule has 14 rings (SSSR count). The number of aryl methyl sites for hydroxylation is 3. The van der Waals surface area contributed by atoms with Crippen molar-refractivity contribution >= 4 is 45.7 Å². The second kappa shape index (κ2) is 20.4. The predicted molar refractivity (Wildman–Crippen MR) is 301 cm³/mol. The third-order valence-corrected chi connectivity index (χ3v) is 17.1. The Labute approximate surface area is 427 Å². The third-order valence-electron chi connectivity index (χ3n) is 17.1. The number of nitrogens with zero attached hydrogens (tertiary/aromatic N) is 5. The first-order chi connectivity index (χ1) is 33.8. The van der Waals surface area contributed by atoms with Gasteiger partial charge < -0.3 is 40.9 Å². The summed E-state index contributed by atoms with van der Waals surface area (Å²) in [6.45, 7) is 32.7. The van der Waals surface area contributed by atoms with E-state index in [2.05, 4.69) is 195 Å². The first-order valence-corrected chi connectivity index (χ1v) is 26.7. The van der Waals surface area contributed by atoms with Gasteiger partial charge in [-0.15, -0.1) is 0 Å². The van der Waals surface area contributed by atoms with Gasteiger partial charge in [0.2, 0.25) is 5.91 Å². The normalized spacial score (nSPS) is 25.7. The fraction of sp³-hybridized carbons (Fsp3) is 0.500. The molecule has 9 heterocycles. The van der Waals surface area contributed by atoms with Crippen molar-refractivity contribution in [1.82, 2.24) is 5.32 Å². The lowest BCUT2D eigenvalue weighted by molar-refractivity contribution is -0.114. The van der Waals surface area contributed by atoms with Crippen molar-refractivity contribution in [3.63, 3.8) is 0 Å². The van der Waals surface area contributed by atoms with Gasteiger partial charge in [-0.25, -0.2) is 0 Å². The summed E-state index contributed by atoms with van der Waals surface area (Å²) in [6.07, 6.45) is 3.92. The number of hydrogen-bond acceptors (Lipinski definition) is 8. The van der Waals surface area contributed by atoms with Gasteiger partial charge in [-0.1, -0.05) is 94.6 Å².